The quantitative estimate of drug-likeness (QED) is 0.230. The average Bonchev–Trinajstić information content (AvgIpc) is 3.12. The lowest BCUT2D eigenvalue weighted by molar-refractivity contribution is -0.123. The third-order valence-corrected chi connectivity index (χ3v) is 10.0. The number of aliphatic hydroxyl groups is 1. The maximum absolute atomic E-state index is 13.3. The van der Waals surface area contributed by atoms with Gasteiger partial charge in [-0.15, -0.1) is 0 Å². The summed E-state index contributed by atoms with van der Waals surface area (Å²) in [7, 11) is 3.13. The van der Waals surface area contributed by atoms with Gasteiger partial charge >= 0.3 is 6.09 Å². The summed E-state index contributed by atoms with van der Waals surface area (Å²) in [5, 5.41) is 7.00. The number of carbonyl (C=O) groups excluding carboxylic acids is 2. The summed E-state index contributed by atoms with van der Waals surface area (Å²) in [6, 6.07) is 12.2. The Balaban J connectivity index is 0.00000235. The number of likely N-dealkylation sites (N-methyl/N-ethyl adjacent to an activating group) is 1. The second-order valence-electron chi connectivity index (χ2n) is 13.9. The summed E-state index contributed by atoms with van der Waals surface area (Å²) in [6.07, 6.45) is 11.9. The van der Waals surface area contributed by atoms with Crippen LogP contribution < -0.4 is 14.4 Å². The van der Waals surface area contributed by atoms with Crippen LogP contribution in [0.3, 0.4) is 0 Å². The topological polar surface area (TPSA) is 91.3 Å². The van der Waals surface area contributed by atoms with E-state index in [0.29, 0.717) is 13.2 Å². The number of benzene rings is 2. The lowest BCUT2D eigenvalue weighted by Gasteiger charge is -2.40. The van der Waals surface area contributed by atoms with Gasteiger partial charge in [0, 0.05) is 37.6 Å². The van der Waals surface area contributed by atoms with Crippen LogP contribution in [0.2, 0.25) is 0 Å². The van der Waals surface area contributed by atoms with Crippen molar-refractivity contribution in [3.8, 4) is 5.75 Å². The first-order valence-corrected chi connectivity index (χ1v) is 17.4. The van der Waals surface area contributed by atoms with Gasteiger partial charge in [-0.2, -0.15) is 0 Å². The number of hydrogen-bond donors (Lipinski definition) is 2. The Bertz CT molecular complexity index is 1390. The van der Waals surface area contributed by atoms with Gasteiger partial charge in [0.1, 0.15) is 17.4 Å². The van der Waals surface area contributed by atoms with E-state index in [1.807, 2.05) is 39.0 Å². The molecule has 1 spiro atoms. The second-order valence-corrected chi connectivity index (χ2v) is 14.8. The zero-order chi connectivity index (χ0) is 33.5. The van der Waals surface area contributed by atoms with Crippen molar-refractivity contribution in [1.82, 2.24) is 9.62 Å². The molecule has 2 aliphatic carbocycles. The van der Waals surface area contributed by atoms with Crippen LogP contribution in [0.4, 0.5) is 10.5 Å². The Morgan fingerprint density at radius 3 is 2.63 bits per heavy atom. The van der Waals surface area contributed by atoms with Crippen molar-refractivity contribution in [3.05, 3.63) is 65.2 Å². The normalized spacial score (nSPS) is 19.9. The molecule has 1 fully saturated rings. The van der Waals surface area contributed by atoms with Crippen molar-refractivity contribution in [2.75, 3.05) is 38.8 Å². The average molecular weight is 652 g/mol. The highest BCUT2D eigenvalue weighted by Crippen LogP contribution is 2.44. The summed E-state index contributed by atoms with van der Waals surface area (Å²) in [5.41, 5.74) is 4.48. The Labute approximate surface area is 280 Å². The van der Waals surface area contributed by atoms with E-state index in [1.54, 1.807) is 6.92 Å². The van der Waals surface area contributed by atoms with Gasteiger partial charge in [-0.25, -0.2) is 4.79 Å². The Morgan fingerprint density at radius 1 is 1.17 bits per heavy atom. The predicted octanol–water partition coefficient (Wildman–Crippen LogP) is 7.20. The highest BCUT2D eigenvalue weighted by molar-refractivity contribution is 7.98. The number of ether oxygens (including phenoxy) is 2. The molecule has 46 heavy (non-hydrogen) atoms. The van der Waals surface area contributed by atoms with Crippen molar-refractivity contribution < 1.29 is 24.2 Å². The number of nitrogens with one attached hydrogen (secondary N) is 1. The standard InChI is InChI=1S/C36H49N3O4S.CH4O/c1-25-15-17-30-28(21-25)14-10-19-36(30)23-38(6)31-22-29(16-18-32(31)42-24-36)44-37-33(40)26(2)39(34(41)43-35(3,4)5)20-8-7-11-27-12-9-13-27;1-2/h7-8,15-18,21-22,26-27H,9-14,19-20,23-24H2,1-6H3,(H,37,40);2H,1H3/b8-7-;/t26?,36-;/m0./s1. The molecule has 0 radical (unpaired) electrons. The van der Waals surface area contributed by atoms with E-state index in [-0.39, 0.29) is 11.3 Å². The SMILES string of the molecule is CO.Cc1ccc2c(c1)CCC[C@]21COc2ccc(SNC(=O)C(C)N(C/C=C\CC3CCC3)C(=O)OC(C)(C)C)cc2N(C)C1. The molecule has 0 bridgehead atoms. The molecular formula is C37H53N3O5S. The summed E-state index contributed by atoms with van der Waals surface area (Å²) in [5.74, 6) is 1.36. The molecule has 9 heteroatoms. The largest absolute Gasteiger partial charge is 0.490 e. The molecule has 8 nitrogen and oxygen atoms in total. The molecule has 5 rings (SSSR count). The highest BCUT2D eigenvalue weighted by Gasteiger charge is 2.41. The fourth-order valence-corrected chi connectivity index (χ4v) is 7.24. The number of allylic oxidation sites excluding steroid dienone is 1. The highest BCUT2D eigenvalue weighted by atomic mass is 32.2. The van der Waals surface area contributed by atoms with Crippen molar-refractivity contribution in [1.29, 1.82) is 0 Å². The smallest absolute Gasteiger partial charge is 0.411 e. The number of anilines is 1. The minimum Gasteiger partial charge on any atom is -0.490 e. The minimum absolute atomic E-state index is 0.0521. The molecule has 252 valence electrons. The van der Waals surface area contributed by atoms with Crippen molar-refractivity contribution in [3.63, 3.8) is 0 Å². The third-order valence-electron chi connectivity index (χ3n) is 9.23. The van der Waals surface area contributed by atoms with E-state index in [9.17, 15) is 9.59 Å². The first-order chi connectivity index (χ1) is 21.9. The molecule has 1 heterocycles. The van der Waals surface area contributed by atoms with Crippen molar-refractivity contribution in [2.24, 2.45) is 5.92 Å². The number of fused-ring (bicyclic) bond motifs is 3. The number of aryl methyl sites for hydroxylation is 2. The van der Waals surface area contributed by atoms with E-state index >= 15 is 0 Å². The third kappa shape index (κ3) is 8.79. The van der Waals surface area contributed by atoms with Crippen LogP contribution >= 0.6 is 11.9 Å². The molecule has 2 amide bonds. The molecule has 2 aromatic rings. The van der Waals surface area contributed by atoms with Gasteiger partial charge in [-0.3, -0.25) is 14.4 Å². The number of rotatable bonds is 8. The predicted molar refractivity (Wildman–Crippen MR) is 187 cm³/mol. The molecule has 2 atom stereocenters. The zero-order valence-corrected chi connectivity index (χ0v) is 29.5. The van der Waals surface area contributed by atoms with Crippen molar-refractivity contribution in [2.45, 2.75) is 102 Å². The lowest BCUT2D eigenvalue weighted by Crippen LogP contribution is -2.48. The van der Waals surface area contributed by atoms with E-state index in [0.717, 1.165) is 61.6 Å². The lowest BCUT2D eigenvalue weighted by atomic mass is 9.70. The van der Waals surface area contributed by atoms with Crippen LogP contribution in [-0.4, -0.2) is 67.5 Å². The Morgan fingerprint density at radius 2 is 1.93 bits per heavy atom. The Hall–Kier alpha value is -3.17. The zero-order valence-electron chi connectivity index (χ0n) is 28.7. The van der Waals surface area contributed by atoms with Gasteiger partial charge in [0.05, 0.1) is 12.3 Å². The second kappa shape index (κ2) is 15.6. The maximum atomic E-state index is 13.3. The van der Waals surface area contributed by atoms with Gasteiger partial charge in [0.15, 0.2) is 0 Å². The molecule has 1 saturated carbocycles. The number of nitrogens with zero attached hydrogens (tertiary/aromatic N) is 2. The molecule has 1 aliphatic heterocycles. The number of carbonyl (C=O) groups is 2. The first-order valence-electron chi connectivity index (χ1n) is 16.6. The van der Waals surface area contributed by atoms with Gasteiger partial charge < -0.3 is 19.5 Å². The summed E-state index contributed by atoms with van der Waals surface area (Å²) < 4.78 is 15.1. The molecular weight excluding hydrogens is 598 g/mol. The minimum atomic E-state index is -0.701. The van der Waals surface area contributed by atoms with Crippen LogP contribution in [0.5, 0.6) is 5.75 Å². The van der Waals surface area contributed by atoms with Gasteiger partial charge in [-0.05, 0) is 107 Å². The maximum Gasteiger partial charge on any atom is 0.411 e. The number of amides is 2. The summed E-state index contributed by atoms with van der Waals surface area (Å²) in [6.45, 7) is 11.3. The first kappa shape index (κ1) is 35.7. The van der Waals surface area contributed by atoms with Gasteiger partial charge in [-0.1, -0.05) is 55.2 Å². The number of aliphatic hydroxyl groups excluding tert-OH is 1. The van der Waals surface area contributed by atoms with Crippen LogP contribution in [-0.2, 0) is 21.4 Å². The molecule has 2 N–H and O–H groups in total. The van der Waals surface area contributed by atoms with E-state index in [1.165, 1.54) is 52.8 Å². The molecule has 0 aromatic heterocycles. The fraction of sp³-hybridized carbons (Fsp3) is 0.568. The summed E-state index contributed by atoms with van der Waals surface area (Å²) in [4.78, 5) is 31.1. The fourth-order valence-electron chi connectivity index (χ4n) is 6.55. The molecule has 3 aliphatic rings. The van der Waals surface area contributed by atoms with Crippen LogP contribution in [0.1, 0.15) is 82.9 Å². The van der Waals surface area contributed by atoms with Gasteiger partial charge in [0.2, 0.25) is 0 Å². The van der Waals surface area contributed by atoms with E-state index in [4.69, 9.17) is 14.6 Å². The van der Waals surface area contributed by atoms with E-state index in [2.05, 4.69) is 53.9 Å². The monoisotopic (exact) mass is 651 g/mol. The van der Waals surface area contributed by atoms with Crippen LogP contribution in [0.15, 0.2) is 53.4 Å². The van der Waals surface area contributed by atoms with E-state index < -0.39 is 17.7 Å². The molecule has 0 saturated heterocycles. The Kier molecular flexibility index (Phi) is 12.1. The molecule has 2 aromatic carbocycles. The van der Waals surface area contributed by atoms with Crippen molar-refractivity contribution >= 4 is 29.6 Å². The van der Waals surface area contributed by atoms with Gasteiger partial charge in [0.25, 0.3) is 5.91 Å². The van der Waals surface area contributed by atoms with Crippen LogP contribution in [0, 0.1) is 12.8 Å². The van der Waals surface area contributed by atoms with Crippen LogP contribution in [0.25, 0.3) is 0 Å². The number of hydrogen-bond acceptors (Lipinski definition) is 7. The summed E-state index contributed by atoms with van der Waals surface area (Å²) >= 11 is 1.26. The molecule has 1 unspecified atom stereocenters.